The van der Waals surface area contributed by atoms with Gasteiger partial charge in [-0.05, 0) is 67.1 Å². The van der Waals surface area contributed by atoms with E-state index in [1.54, 1.807) is 37.3 Å². The summed E-state index contributed by atoms with van der Waals surface area (Å²) in [6.07, 6.45) is 1.51. The van der Waals surface area contributed by atoms with Crippen LogP contribution in [0, 0.1) is 0 Å². The number of aromatic carboxylic acids is 1. The van der Waals surface area contributed by atoms with Crippen LogP contribution in [0.3, 0.4) is 0 Å². The molecule has 2 amide bonds. The van der Waals surface area contributed by atoms with Crippen LogP contribution in [0.15, 0.2) is 47.4 Å². The first kappa shape index (κ1) is 24.3. The van der Waals surface area contributed by atoms with E-state index in [9.17, 15) is 19.2 Å². The van der Waals surface area contributed by atoms with Crippen LogP contribution in [0.4, 0.5) is 4.79 Å². The Bertz CT molecular complexity index is 1150. The highest BCUT2D eigenvalue weighted by Crippen LogP contribution is 2.35. The molecule has 0 aliphatic carbocycles. The molecule has 0 bridgehead atoms. The van der Waals surface area contributed by atoms with E-state index >= 15 is 0 Å². The standard InChI is InChI=1S/C23H20ClNO7S/c1-3-31-22(29)13(2)25-20(26)19(33-23(25)30)11-14-7-8-18(17(24)10-14)32-12-15-5-4-6-16(9-15)21(27)28/h4-11,13H,3,12H2,1-2H3,(H,27,28)/b19-11-. The zero-order chi connectivity index (χ0) is 24.1. The van der Waals surface area contributed by atoms with Crippen LogP contribution in [0.1, 0.15) is 35.3 Å². The SMILES string of the molecule is CCOC(=O)C(C)N1C(=O)S/C(=C\c2ccc(OCc3cccc(C(=O)O)c3)c(Cl)c2)C1=O. The van der Waals surface area contributed by atoms with E-state index in [1.807, 2.05) is 0 Å². The van der Waals surface area contributed by atoms with Crippen LogP contribution in [0.5, 0.6) is 5.75 Å². The number of imide groups is 1. The summed E-state index contributed by atoms with van der Waals surface area (Å²) in [5.74, 6) is -1.89. The lowest BCUT2D eigenvalue weighted by Gasteiger charge is -2.19. The second-order valence-electron chi connectivity index (χ2n) is 6.96. The van der Waals surface area contributed by atoms with Gasteiger partial charge in [-0.25, -0.2) is 9.59 Å². The lowest BCUT2D eigenvalue weighted by atomic mass is 10.1. The minimum Gasteiger partial charge on any atom is -0.487 e. The number of carbonyl (C=O) groups excluding carboxylic acids is 3. The van der Waals surface area contributed by atoms with E-state index in [0.29, 0.717) is 16.9 Å². The number of carbonyl (C=O) groups is 4. The van der Waals surface area contributed by atoms with E-state index < -0.39 is 29.1 Å². The summed E-state index contributed by atoms with van der Waals surface area (Å²) in [5, 5.41) is 8.80. The molecule has 0 saturated carbocycles. The zero-order valence-electron chi connectivity index (χ0n) is 17.7. The first-order valence-electron chi connectivity index (χ1n) is 9.89. The van der Waals surface area contributed by atoms with Gasteiger partial charge in [-0.15, -0.1) is 0 Å². The molecule has 1 saturated heterocycles. The molecular formula is C23H20ClNO7S. The molecule has 1 heterocycles. The fourth-order valence-electron chi connectivity index (χ4n) is 3.01. The number of amides is 2. The van der Waals surface area contributed by atoms with Crippen LogP contribution in [-0.4, -0.2) is 45.7 Å². The number of ether oxygens (including phenoxy) is 2. The highest BCUT2D eigenvalue weighted by Gasteiger charge is 2.41. The average Bonchev–Trinajstić information content (AvgIpc) is 3.05. The molecule has 1 aliphatic rings. The molecule has 1 N–H and O–H groups in total. The third kappa shape index (κ3) is 5.74. The Morgan fingerprint density at radius 3 is 2.64 bits per heavy atom. The largest absolute Gasteiger partial charge is 0.487 e. The Labute approximate surface area is 199 Å². The van der Waals surface area contributed by atoms with Crippen LogP contribution in [-0.2, 0) is 20.9 Å². The van der Waals surface area contributed by atoms with Gasteiger partial charge in [0.25, 0.3) is 11.1 Å². The van der Waals surface area contributed by atoms with Crippen molar-refractivity contribution in [1.82, 2.24) is 4.90 Å². The van der Waals surface area contributed by atoms with Gasteiger partial charge in [-0.1, -0.05) is 29.8 Å². The van der Waals surface area contributed by atoms with Crippen molar-refractivity contribution in [3.05, 3.63) is 69.1 Å². The molecule has 1 atom stereocenters. The number of hydrogen-bond acceptors (Lipinski definition) is 7. The number of carboxylic acid groups (broad SMARTS) is 1. The van der Waals surface area contributed by atoms with Crippen molar-refractivity contribution >= 4 is 52.5 Å². The molecule has 0 aromatic heterocycles. The number of hydrogen-bond donors (Lipinski definition) is 1. The summed E-state index contributed by atoms with van der Waals surface area (Å²) >= 11 is 7.03. The van der Waals surface area contributed by atoms with Gasteiger partial charge < -0.3 is 14.6 Å². The maximum Gasteiger partial charge on any atom is 0.335 e. The number of rotatable bonds is 8. The molecule has 1 fully saturated rings. The van der Waals surface area contributed by atoms with Crippen molar-refractivity contribution in [2.75, 3.05) is 6.61 Å². The van der Waals surface area contributed by atoms with Gasteiger partial charge in [-0.3, -0.25) is 14.5 Å². The van der Waals surface area contributed by atoms with Gasteiger partial charge in [0.1, 0.15) is 18.4 Å². The molecule has 1 unspecified atom stereocenters. The quantitative estimate of drug-likeness (QED) is 0.423. The average molecular weight is 490 g/mol. The molecule has 2 aromatic rings. The van der Waals surface area contributed by atoms with E-state index in [4.69, 9.17) is 26.2 Å². The summed E-state index contributed by atoms with van der Waals surface area (Å²) in [4.78, 5) is 49.0. The topological polar surface area (TPSA) is 110 Å². The highest BCUT2D eigenvalue weighted by atomic mass is 35.5. The second kappa shape index (κ2) is 10.5. The number of carboxylic acids is 1. The predicted octanol–water partition coefficient (Wildman–Crippen LogP) is 4.61. The molecule has 3 rings (SSSR count). The van der Waals surface area contributed by atoms with E-state index in [0.717, 1.165) is 16.7 Å². The number of halogens is 1. The lowest BCUT2D eigenvalue weighted by Crippen LogP contribution is -2.42. The van der Waals surface area contributed by atoms with Crippen molar-refractivity contribution in [1.29, 1.82) is 0 Å². The van der Waals surface area contributed by atoms with Crippen molar-refractivity contribution < 1.29 is 33.8 Å². The summed E-state index contributed by atoms with van der Waals surface area (Å²) in [7, 11) is 0. The Morgan fingerprint density at radius 2 is 1.97 bits per heavy atom. The van der Waals surface area contributed by atoms with Crippen molar-refractivity contribution in [3.8, 4) is 5.75 Å². The Balaban J connectivity index is 1.71. The fourth-order valence-corrected chi connectivity index (χ4v) is 4.16. The van der Waals surface area contributed by atoms with E-state index in [1.165, 1.54) is 25.1 Å². The van der Waals surface area contributed by atoms with Crippen molar-refractivity contribution in [2.24, 2.45) is 0 Å². The molecule has 2 aromatic carbocycles. The number of nitrogens with zero attached hydrogens (tertiary/aromatic N) is 1. The third-order valence-electron chi connectivity index (χ3n) is 4.66. The maximum absolute atomic E-state index is 12.7. The smallest absolute Gasteiger partial charge is 0.335 e. The minimum atomic E-state index is -1.03. The third-order valence-corrected chi connectivity index (χ3v) is 5.84. The monoisotopic (exact) mass is 489 g/mol. The normalized spacial score (nSPS) is 15.6. The molecule has 0 radical (unpaired) electrons. The Hall–Kier alpha value is -3.30. The Morgan fingerprint density at radius 1 is 1.21 bits per heavy atom. The van der Waals surface area contributed by atoms with E-state index in [2.05, 4.69) is 0 Å². The molecule has 0 spiro atoms. The van der Waals surface area contributed by atoms with Gasteiger partial charge in [0.05, 0.1) is 22.1 Å². The fraction of sp³-hybridized carbons (Fsp3) is 0.217. The zero-order valence-corrected chi connectivity index (χ0v) is 19.3. The summed E-state index contributed by atoms with van der Waals surface area (Å²) in [5.41, 5.74) is 1.39. The molecular weight excluding hydrogens is 470 g/mol. The predicted molar refractivity (Wildman–Crippen MR) is 123 cm³/mol. The summed E-state index contributed by atoms with van der Waals surface area (Å²) < 4.78 is 10.6. The summed E-state index contributed by atoms with van der Waals surface area (Å²) in [6.45, 7) is 3.34. The van der Waals surface area contributed by atoms with Gasteiger partial charge in [0.15, 0.2) is 0 Å². The highest BCUT2D eigenvalue weighted by molar-refractivity contribution is 8.18. The van der Waals surface area contributed by atoms with Gasteiger partial charge >= 0.3 is 11.9 Å². The van der Waals surface area contributed by atoms with E-state index in [-0.39, 0.29) is 28.7 Å². The van der Waals surface area contributed by atoms with Gasteiger partial charge in [-0.2, -0.15) is 0 Å². The van der Waals surface area contributed by atoms with Crippen molar-refractivity contribution in [2.45, 2.75) is 26.5 Å². The lowest BCUT2D eigenvalue weighted by molar-refractivity contribution is -0.150. The van der Waals surface area contributed by atoms with Gasteiger partial charge in [0, 0.05) is 0 Å². The minimum absolute atomic E-state index is 0.116. The van der Waals surface area contributed by atoms with Crippen LogP contribution in [0.25, 0.3) is 6.08 Å². The molecule has 10 heteroatoms. The van der Waals surface area contributed by atoms with Crippen LogP contribution in [0.2, 0.25) is 5.02 Å². The summed E-state index contributed by atoms with van der Waals surface area (Å²) in [6, 6.07) is 10.2. The van der Waals surface area contributed by atoms with Crippen LogP contribution < -0.4 is 4.74 Å². The Kier molecular flexibility index (Phi) is 7.78. The molecule has 33 heavy (non-hydrogen) atoms. The first-order valence-corrected chi connectivity index (χ1v) is 11.1. The molecule has 8 nitrogen and oxygen atoms in total. The number of thioether (sulfide) groups is 1. The first-order chi connectivity index (χ1) is 15.7. The molecule has 1 aliphatic heterocycles. The van der Waals surface area contributed by atoms with Crippen molar-refractivity contribution in [3.63, 3.8) is 0 Å². The number of benzene rings is 2. The van der Waals surface area contributed by atoms with Crippen LogP contribution >= 0.6 is 23.4 Å². The molecule has 172 valence electrons. The number of esters is 1. The van der Waals surface area contributed by atoms with Gasteiger partial charge in [0.2, 0.25) is 0 Å². The second-order valence-corrected chi connectivity index (χ2v) is 8.36. The maximum atomic E-state index is 12.7.